The Balaban J connectivity index is 1.52. The van der Waals surface area contributed by atoms with Gasteiger partial charge in [-0.15, -0.1) is 0 Å². The summed E-state index contributed by atoms with van der Waals surface area (Å²) in [6, 6.07) is 8.39. The summed E-state index contributed by atoms with van der Waals surface area (Å²) in [5, 5.41) is 0. The van der Waals surface area contributed by atoms with Crippen LogP contribution in [-0.4, -0.2) is 60.1 Å². The molecule has 0 spiro atoms. The highest BCUT2D eigenvalue weighted by Gasteiger charge is 2.44. The van der Waals surface area contributed by atoms with Gasteiger partial charge in [-0.25, -0.2) is 0 Å². The largest absolute Gasteiger partial charge is 0.482 e. The van der Waals surface area contributed by atoms with Gasteiger partial charge in [-0.3, -0.25) is 4.79 Å². The SMILES string of the molecule is C[C@@H]1Oc2ccccc2O[C@@H]1C(=O)N1CCC[C@H]1[C@H]1CCCN1C. The van der Waals surface area contributed by atoms with Gasteiger partial charge >= 0.3 is 0 Å². The van der Waals surface area contributed by atoms with Crippen molar-refractivity contribution in [2.24, 2.45) is 0 Å². The van der Waals surface area contributed by atoms with Gasteiger partial charge < -0.3 is 19.3 Å². The minimum atomic E-state index is -0.549. The van der Waals surface area contributed by atoms with Crippen molar-refractivity contribution in [2.75, 3.05) is 20.1 Å². The van der Waals surface area contributed by atoms with Crippen molar-refractivity contribution in [3.63, 3.8) is 0 Å². The standard InChI is InChI=1S/C19H26N2O3/c1-13-18(24-17-10-4-3-9-16(17)23-13)19(22)21-12-6-8-15(21)14-7-5-11-20(14)2/h3-4,9-10,13-15,18H,5-8,11-12H2,1-2H3/t13-,14+,15-,18-/m0/s1. The number of rotatable bonds is 2. The van der Waals surface area contributed by atoms with Gasteiger partial charge in [0.1, 0.15) is 6.10 Å². The molecule has 1 aromatic rings. The van der Waals surface area contributed by atoms with Crippen LogP contribution < -0.4 is 9.47 Å². The summed E-state index contributed by atoms with van der Waals surface area (Å²) in [6.45, 7) is 3.89. The predicted octanol–water partition coefficient (Wildman–Crippen LogP) is 2.30. The van der Waals surface area contributed by atoms with Crippen LogP contribution in [0.1, 0.15) is 32.6 Å². The topological polar surface area (TPSA) is 42.0 Å². The van der Waals surface area contributed by atoms with Crippen LogP contribution in [0.4, 0.5) is 0 Å². The Labute approximate surface area is 143 Å². The Morgan fingerprint density at radius 1 is 1.04 bits per heavy atom. The fraction of sp³-hybridized carbons (Fsp3) is 0.632. The molecule has 0 aromatic heterocycles. The lowest BCUT2D eigenvalue weighted by atomic mass is 10.0. The molecule has 3 aliphatic rings. The monoisotopic (exact) mass is 330 g/mol. The predicted molar refractivity (Wildman–Crippen MR) is 91.3 cm³/mol. The van der Waals surface area contributed by atoms with E-state index in [4.69, 9.17) is 9.47 Å². The Hall–Kier alpha value is -1.75. The molecule has 0 N–H and O–H groups in total. The first kappa shape index (κ1) is 15.8. The van der Waals surface area contributed by atoms with Crippen LogP contribution in [-0.2, 0) is 4.79 Å². The number of likely N-dealkylation sites (tertiary alicyclic amines) is 2. The third-order valence-electron chi connectivity index (χ3n) is 5.69. The van der Waals surface area contributed by atoms with E-state index in [9.17, 15) is 4.79 Å². The molecule has 0 radical (unpaired) electrons. The first-order valence-corrected chi connectivity index (χ1v) is 9.08. The summed E-state index contributed by atoms with van der Waals surface area (Å²) in [5.74, 6) is 1.48. The molecule has 0 unspecified atom stereocenters. The van der Waals surface area contributed by atoms with Gasteiger partial charge in [0.15, 0.2) is 11.5 Å². The summed E-state index contributed by atoms with van der Waals surface area (Å²) < 4.78 is 12.0. The molecule has 2 fully saturated rings. The molecule has 5 nitrogen and oxygen atoms in total. The van der Waals surface area contributed by atoms with Gasteiger partial charge in [0, 0.05) is 18.6 Å². The molecule has 3 heterocycles. The van der Waals surface area contributed by atoms with E-state index in [0.717, 1.165) is 31.7 Å². The zero-order valence-electron chi connectivity index (χ0n) is 14.5. The van der Waals surface area contributed by atoms with Gasteiger partial charge in [-0.05, 0) is 58.3 Å². The first-order chi connectivity index (χ1) is 11.6. The van der Waals surface area contributed by atoms with Gasteiger partial charge in [0.2, 0.25) is 6.10 Å². The highest BCUT2D eigenvalue weighted by molar-refractivity contribution is 5.83. The van der Waals surface area contributed by atoms with Gasteiger partial charge in [-0.1, -0.05) is 12.1 Å². The molecule has 1 amide bonds. The molecular weight excluding hydrogens is 304 g/mol. The lowest BCUT2D eigenvalue weighted by molar-refractivity contribution is -0.146. The number of hydrogen-bond donors (Lipinski definition) is 0. The van der Waals surface area contributed by atoms with E-state index in [2.05, 4.69) is 16.8 Å². The van der Waals surface area contributed by atoms with Crippen molar-refractivity contribution >= 4 is 5.91 Å². The van der Waals surface area contributed by atoms with E-state index in [0.29, 0.717) is 17.8 Å². The molecule has 4 rings (SSSR count). The van der Waals surface area contributed by atoms with Crippen LogP contribution in [0.2, 0.25) is 0 Å². The second-order valence-electron chi connectivity index (χ2n) is 7.24. The third kappa shape index (κ3) is 2.65. The number of ether oxygens (including phenoxy) is 2. The highest BCUT2D eigenvalue weighted by atomic mass is 16.6. The van der Waals surface area contributed by atoms with Crippen LogP contribution >= 0.6 is 0 Å². The van der Waals surface area contributed by atoms with E-state index in [1.807, 2.05) is 31.2 Å². The highest BCUT2D eigenvalue weighted by Crippen LogP contribution is 2.35. The molecule has 130 valence electrons. The average Bonchev–Trinajstić information content (AvgIpc) is 3.21. The quantitative estimate of drug-likeness (QED) is 0.834. The number of carbonyl (C=O) groups excluding carboxylic acids is 1. The number of benzene rings is 1. The summed E-state index contributed by atoms with van der Waals surface area (Å²) >= 11 is 0. The summed E-state index contributed by atoms with van der Waals surface area (Å²) in [4.78, 5) is 17.7. The molecule has 0 bridgehead atoms. The van der Waals surface area contributed by atoms with E-state index in [1.54, 1.807) is 0 Å². The molecule has 3 aliphatic heterocycles. The molecule has 5 heteroatoms. The number of carbonyl (C=O) groups is 1. The van der Waals surface area contributed by atoms with Crippen molar-refractivity contribution < 1.29 is 14.3 Å². The van der Waals surface area contributed by atoms with E-state index in [1.165, 1.54) is 12.8 Å². The summed E-state index contributed by atoms with van der Waals surface area (Å²) in [7, 11) is 2.18. The summed E-state index contributed by atoms with van der Waals surface area (Å²) in [5.41, 5.74) is 0. The van der Waals surface area contributed by atoms with E-state index in [-0.39, 0.29) is 12.0 Å². The third-order valence-corrected chi connectivity index (χ3v) is 5.69. The number of likely N-dealkylation sites (N-methyl/N-ethyl adjacent to an activating group) is 1. The van der Waals surface area contributed by atoms with E-state index >= 15 is 0 Å². The van der Waals surface area contributed by atoms with Crippen LogP contribution in [0.15, 0.2) is 24.3 Å². The molecule has 4 atom stereocenters. The van der Waals surface area contributed by atoms with Crippen LogP contribution in [0.25, 0.3) is 0 Å². The average molecular weight is 330 g/mol. The Morgan fingerprint density at radius 3 is 2.42 bits per heavy atom. The second-order valence-corrected chi connectivity index (χ2v) is 7.24. The van der Waals surface area contributed by atoms with Crippen LogP contribution in [0.3, 0.4) is 0 Å². The summed E-state index contributed by atoms with van der Waals surface area (Å²) in [6.07, 6.45) is 3.78. The van der Waals surface area contributed by atoms with Crippen LogP contribution in [0, 0.1) is 0 Å². The molecular formula is C19H26N2O3. The zero-order valence-corrected chi connectivity index (χ0v) is 14.5. The molecule has 2 saturated heterocycles. The van der Waals surface area contributed by atoms with Crippen molar-refractivity contribution in [2.45, 2.75) is 56.9 Å². The zero-order chi connectivity index (χ0) is 16.7. The number of hydrogen-bond acceptors (Lipinski definition) is 4. The fourth-order valence-electron chi connectivity index (χ4n) is 4.44. The normalized spacial score (nSPS) is 33.0. The number of amides is 1. The minimum Gasteiger partial charge on any atom is -0.482 e. The number of fused-ring (bicyclic) bond motifs is 1. The smallest absolute Gasteiger partial charge is 0.267 e. The van der Waals surface area contributed by atoms with Crippen molar-refractivity contribution in [3.05, 3.63) is 24.3 Å². The second kappa shape index (κ2) is 6.28. The lowest BCUT2D eigenvalue weighted by Gasteiger charge is -2.38. The number of para-hydroxylation sites is 2. The van der Waals surface area contributed by atoms with Gasteiger partial charge in [0.25, 0.3) is 5.91 Å². The van der Waals surface area contributed by atoms with Crippen molar-refractivity contribution in [1.82, 2.24) is 9.80 Å². The van der Waals surface area contributed by atoms with Gasteiger partial charge in [-0.2, -0.15) is 0 Å². The Morgan fingerprint density at radius 2 is 1.71 bits per heavy atom. The van der Waals surface area contributed by atoms with E-state index < -0.39 is 6.10 Å². The molecule has 24 heavy (non-hydrogen) atoms. The first-order valence-electron chi connectivity index (χ1n) is 9.08. The molecule has 0 aliphatic carbocycles. The lowest BCUT2D eigenvalue weighted by Crippen LogP contribution is -2.55. The number of nitrogens with zero attached hydrogens (tertiary/aromatic N) is 2. The maximum Gasteiger partial charge on any atom is 0.267 e. The maximum atomic E-state index is 13.2. The van der Waals surface area contributed by atoms with Crippen molar-refractivity contribution in [1.29, 1.82) is 0 Å². The maximum absolute atomic E-state index is 13.2. The van der Waals surface area contributed by atoms with Crippen molar-refractivity contribution in [3.8, 4) is 11.5 Å². The molecule has 1 aromatic carbocycles. The van der Waals surface area contributed by atoms with Gasteiger partial charge in [0.05, 0.1) is 0 Å². The Kier molecular flexibility index (Phi) is 4.12. The van der Waals surface area contributed by atoms with Crippen LogP contribution in [0.5, 0.6) is 11.5 Å². The molecule has 0 saturated carbocycles. The Bertz CT molecular complexity index is 620. The minimum absolute atomic E-state index is 0.0832. The fourth-order valence-corrected chi connectivity index (χ4v) is 4.44.